The smallest absolute Gasteiger partial charge is 0.249 e. The minimum Gasteiger partial charge on any atom is -0.340 e. The molecule has 1 saturated heterocycles. The van der Waals surface area contributed by atoms with E-state index in [1.165, 1.54) is 6.42 Å². The van der Waals surface area contributed by atoms with E-state index >= 15 is 0 Å². The first-order valence-electron chi connectivity index (χ1n) is 8.63. The van der Waals surface area contributed by atoms with E-state index in [4.69, 9.17) is 0 Å². The van der Waals surface area contributed by atoms with Gasteiger partial charge in [0.2, 0.25) is 11.8 Å². The molecule has 2 amide bonds. The number of amides is 2. The lowest BCUT2D eigenvalue weighted by Gasteiger charge is -2.48. The summed E-state index contributed by atoms with van der Waals surface area (Å²) in [5, 5.41) is 3.10. The van der Waals surface area contributed by atoms with Crippen molar-refractivity contribution in [3.63, 3.8) is 0 Å². The van der Waals surface area contributed by atoms with Crippen molar-refractivity contribution in [3.8, 4) is 0 Å². The highest BCUT2D eigenvalue weighted by atomic mass is 16.2. The van der Waals surface area contributed by atoms with Crippen LogP contribution in [0.5, 0.6) is 0 Å². The van der Waals surface area contributed by atoms with Crippen LogP contribution >= 0.6 is 0 Å². The highest BCUT2D eigenvalue weighted by Crippen LogP contribution is 2.34. The summed E-state index contributed by atoms with van der Waals surface area (Å²) in [6.07, 6.45) is 7.56. The second-order valence-corrected chi connectivity index (χ2v) is 7.12. The summed E-state index contributed by atoms with van der Waals surface area (Å²) in [6.45, 7) is 7.12. The number of hydrogen-bond acceptors (Lipinski definition) is 2. The summed E-state index contributed by atoms with van der Waals surface area (Å²) >= 11 is 0. The molecule has 2 aliphatic rings. The zero-order valence-corrected chi connectivity index (χ0v) is 13.8. The second-order valence-electron chi connectivity index (χ2n) is 7.12. The normalized spacial score (nSPS) is 25.5. The van der Waals surface area contributed by atoms with Crippen molar-refractivity contribution in [1.82, 2.24) is 10.2 Å². The van der Waals surface area contributed by atoms with Gasteiger partial charge < -0.3 is 10.2 Å². The number of nitrogens with zero attached hydrogens (tertiary/aromatic N) is 1. The summed E-state index contributed by atoms with van der Waals surface area (Å²) in [5.74, 6) is 0.801. The molecule has 1 unspecified atom stereocenters. The number of piperazine rings is 1. The molecule has 2 fully saturated rings. The van der Waals surface area contributed by atoms with Crippen LogP contribution in [0.2, 0.25) is 0 Å². The number of carbonyl (C=O) groups is 2. The van der Waals surface area contributed by atoms with Crippen molar-refractivity contribution in [3.05, 3.63) is 0 Å². The molecule has 21 heavy (non-hydrogen) atoms. The first-order valence-corrected chi connectivity index (χ1v) is 8.63. The SMILES string of the molecule is CCCC1C(=O)NC2(CCCCC2)C(=O)N1CCC(C)C. The maximum Gasteiger partial charge on any atom is 0.249 e. The molecule has 4 nitrogen and oxygen atoms in total. The molecular formula is C17H30N2O2. The molecular weight excluding hydrogens is 264 g/mol. The van der Waals surface area contributed by atoms with Crippen molar-refractivity contribution >= 4 is 11.8 Å². The summed E-state index contributed by atoms with van der Waals surface area (Å²) in [4.78, 5) is 27.5. The molecule has 0 aromatic carbocycles. The second kappa shape index (κ2) is 6.80. The number of hydrogen-bond donors (Lipinski definition) is 1. The van der Waals surface area contributed by atoms with Gasteiger partial charge in [-0.15, -0.1) is 0 Å². The van der Waals surface area contributed by atoms with Gasteiger partial charge in [0, 0.05) is 6.54 Å². The van der Waals surface area contributed by atoms with Gasteiger partial charge in [0.15, 0.2) is 0 Å². The molecule has 4 heteroatoms. The van der Waals surface area contributed by atoms with E-state index in [0.29, 0.717) is 5.92 Å². The van der Waals surface area contributed by atoms with Crippen LogP contribution in [0, 0.1) is 5.92 Å². The fourth-order valence-electron chi connectivity index (χ4n) is 3.64. The van der Waals surface area contributed by atoms with Crippen molar-refractivity contribution in [2.45, 2.75) is 83.7 Å². The average Bonchev–Trinajstić information content (AvgIpc) is 2.45. The van der Waals surface area contributed by atoms with Gasteiger partial charge in [-0.1, -0.05) is 46.5 Å². The quantitative estimate of drug-likeness (QED) is 0.847. The Balaban J connectivity index is 2.20. The van der Waals surface area contributed by atoms with Gasteiger partial charge in [0.05, 0.1) is 0 Å². The fraction of sp³-hybridized carbons (Fsp3) is 0.882. The minimum atomic E-state index is -0.587. The average molecular weight is 294 g/mol. The predicted octanol–water partition coefficient (Wildman–Crippen LogP) is 2.86. The van der Waals surface area contributed by atoms with Gasteiger partial charge in [-0.2, -0.15) is 0 Å². The molecule has 1 N–H and O–H groups in total. The highest BCUT2D eigenvalue weighted by Gasteiger charge is 2.50. The monoisotopic (exact) mass is 294 g/mol. The Morgan fingerprint density at radius 2 is 1.90 bits per heavy atom. The van der Waals surface area contributed by atoms with Crippen molar-refractivity contribution in [1.29, 1.82) is 0 Å². The van der Waals surface area contributed by atoms with Gasteiger partial charge in [-0.3, -0.25) is 9.59 Å². The Kier molecular flexibility index (Phi) is 5.28. The number of nitrogens with one attached hydrogen (secondary N) is 1. The Morgan fingerprint density at radius 1 is 1.24 bits per heavy atom. The maximum absolute atomic E-state index is 13.1. The first kappa shape index (κ1) is 16.3. The lowest BCUT2D eigenvalue weighted by atomic mass is 9.78. The van der Waals surface area contributed by atoms with Crippen LogP contribution in [0.15, 0.2) is 0 Å². The summed E-state index contributed by atoms with van der Waals surface area (Å²) in [6, 6.07) is -0.256. The first-order chi connectivity index (χ1) is 10.00. The van der Waals surface area contributed by atoms with Gasteiger partial charge in [-0.25, -0.2) is 0 Å². The topological polar surface area (TPSA) is 49.4 Å². The molecule has 0 aromatic rings. The van der Waals surface area contributed by atoms with Crippen LogP contribution in [-0.2, 0) is 9.59 Å². The lowest BCUT2D eigenvalue weighted by molar-refractivity contribution is -0.157. The third-order valence-corrected chi connectivity index (χ3v) is 4.93. The molecule has 2 rings (SSSR count). The molecule has 1 spiro atoms. The zero-order chi connectivity index (χ0) is 15.5. The number of carbonyl (C=O) groups excluding carboxylic acids is 2. The fourth-order valence-corrected chi connectivity index (χ4v) is 3.64. The lowest BCUT2D eigenvalue weighted by Crippen LogP contribution is -2.70. The standard InChI is InChI=1S/C17H30N2O2/c1-4-8-14-15(20)18-17(10-6-5-7-11-17)16(21)19(14)12-9-13(2)3/h13-14H,4-12H2,1-3H3,(H,18,20). The van der Waals surface area contributed by atoms with Gasteiger partial charge in [0.1, 0.15) is 11.6 Å². The summed E-state index contributed by atoms with van der Waals surface area (Å²) in [7, 11) is 0. The molecule has 0 aromatic heterocycles. The van der Waals surface area contributed by atoms with Gasteiger partial charge >= 0.3 is 0 Å². The minimum absolute atomic E-state index is 0.0714. The molecule has 1 saturated carbocycles. The van der Waals surface area contributed by atoms with Crippen LogP contribution in [0.4, 0.5) is 0 Å². The molecule has 1 atom stereocenters. The Labute approximate surface area is 128 Å². The molecule has 120 valence electrons. The number of rotatable bonds is 5. The Bertz CT molecular complexity index is 386. The maximum atomic E-state index is 13.1. The molecule has 0 radical (unpaired) electrons. The molecule has 1 heterocycles. The van der Waals surface area contributed by atoms with E-state index in [1.54, 1.807) is 0 Å². The van der Waals surface area contributed by atoms with Crippen LogP contribution < -0.4 is 5.32 Å². The van der Waals surface area contributed by atoms with E-state index in [2.05, 4.69) is 26.1 Å². The summed E-state index contributed by atoms with van der Waals surface area (Å²) < 4.78 is 0. The molecule has 1 aliphatic carbocycles. The summed E-state index contributed by atoms with van der Waals surface area (Å²) in [5.41, 5.74) is -0.587. The van der Waals surface area contributed by atoms with Gasteiger partial charge in [-0.05, 0) is 31.6 Å². The van der Waals surface area contributed by atoms with Crippen LogP contribution in [0.3, 0.4) is 0 Å². The highest BCUT2D eigenvalue weighted by molar-refractivity contribution is 5.99. The van der Waals surface area contributed by atoms with E-state index < -0.39 is 5.54 Å². The predicted molar refractivity (Wildman–Crippen MR) is 83.8 cm³/mol. The third kappa shape index (κ3) is 3.41. The van der Waals surface area contributed by atoms with Gasteiger partial charge in [0.25, 0.3) is 0 Å². The van der Waals surface area contributed by atoms with E-state index in [0.717, 1.165) is 51.5 Å². The van der Waals surface area contributed by atoms with E-state index in [1.807, 2.05) is 4.90 Å². The largest absolute Gasteiger partial charge is 0.340 e. The Morgan fingerprint density at radius 3 is 2.48 bits per heavy atom. The Hall–Kier alpha value is -1.06. The van der Waals surface area contributed by atoms with Crippen LogP contribution in [-0.4, -0.2) is 34.8 Å². The van der Waals surface area contributed by atoms with E-state index in [-0.39, 0.29) is 17.9 Å². The molecule has 1 aliphatic heterocycles. The third-order valence-electron chi connectivity index (χ3n) is 4.93. The van der Waals surface area contributed by atoms with Crippen LogP contribution in [0.25, 0.3) is 0 Å². The molecule has 0 bridgehead atoms. The van der Waals surface area contributed by atoms with Crippen molar-refractivity contribution < 1.29 is 9.59 Å². The van der Waals surface area contributed by atoms with Crippen LogP contribution in [0.1, 0.15) is 72.1 Å². The van der Waals surface area contributed by atoms with E-state index in [9.17, 15) is 9.59 Å². The van der Waals surface area contributed by atoms with Crippen molar-refractivity contribution in [2.24, 2.45) is 5.92 Å². The van der Waals surface area contributed by atoms with Crippen molar-refractivity contribution in [2.75, 3.05) is 6.54 Å². The zero-order valence-electron chi connectivity index (χ0n) is 13.8.